The normalized spacial score (nSPS) is 10.3. The molecule has 0 amide bonds. The van der Waals surface area contributed by atoms with E-state index in [4.69, 9.17) is 5.73 Å². The fourth-order valence-electron chi connectivity index (χ4n) is 1.39. The molecule has 4 nitrogen and oxygen atoms in total. The minimum atomic E-state index is 0.537. The first-order valence-corrected chi connectivity index (χ1v) is 5.98. The number of rotatable bonds is 4. The Bertz CT molecular complexity index is 467. The van der Waals surface area contributed by atoms with Crippen molar-refractivity contribution in [2.45, 2.75) is 13.3 Å². The lowest BCUT2D eigenvalue weighted by molar-refractivity contribution is 0.986. The molecule has 0 radical (unpaired) electrons. The highest BCUT2D eigenvalue weighted by Crippen LogP contribution is 2.11. The Morgan fingerprint density at radius 2 is 2.38 bits per heavy atom. The van der Waals surface area contributed by atoms with Crippen molar-refractivity contribution in [3.05, 3.63) is 34.4 Å². The molecule has 0 aliphatic rings. The molecule has 3 N–H and O–H groups in total. The van der Waals surface area contributed by atoms with E-state index in [2.05, 4.69) is 20.7 Å². The Labute approximate surface area is 98.6 Å². The highest BCUT2D eigenvalue weighted by molar-refractivity contribution is 7.09. The Kier molecular flexibility index (Phi) is 3.36. The second-order valence-electron chi connectivity index (χ2n) is 3.53. The number of nitrogens with zero attached hydrogens (tertiary/aromatic N) is 2. The van der Waals surface area contributed by atoms with Crippen molar-refractivity contribution in [1.29, 1.82) is 0 Å². The van der Waals surface area contributed by atoms with E-state index < -0.39 is 0 Å². The summed E-state index contributed by atoms with van der Waals surface area (Å²) in [6.45, 7) is 2.87. The van der Waals surface area contributed by atoms with Gasteiger partial charge >= 0.3 is 0 Å². The van der Waals surface area contributed by atoms with Gasteiger partial charge in [-0.05, 0) is 13.0 Å². The van der Waals surface area contributed by atoms with Crippen LogP contribution in [0.1, 0.15) is 10.7 Å². The van der Waals surface area contributed by atoms with Crippen LogP contribution in [0, 0.1) is 6.92 Å². The summed E-state index contributed by atoms with van der Waals surface area (Å²) < 4.78 is 0. The molecule has 0 saturated heterocycles. The second-order valence-corrected chi connectivity index (χ2v) is 4.47. The van der Waals surface area contributed by atoms with Gasteiger partial charge in [0.2, 0.25) is 0 Å². The van der Waals surface area contributed by atoms with Crippen LogP contribution in [0.15, 0.2) is 23.7 Å². The lowest BCUT2D eigenvalue weighted by atomic mass is 10.3. The molecule has 2 aromatic heterocycles. The van der Waals surface area contributed by atoms with Crippen LogP contribution in [0.4, 0.5) is 11.5 Å². The maximum Gasteiger partial charge on any atom is 0.125 e. The number of nitrogens with two attached hydrogens (primary N) is 1. The summed E-state index contributed by atoms with van der Waals surface area (Å²) in [4.78, 5) is 8.34. The predicted molar refractivity (Wildman–Crippen MR) is 67.7 cm³/mol. The van der Waals surface area contributed by atoms with Crippen LogP contribution in [-0.2, 0) is 6.42 Å². The van der Waals surface area contributed by atoms with Crippen molar-refractivity contribution in [3.8, 4) is 0 Å². The van der Waals surface area contributed by atoms with Crippen LogP contribution in [0.2, 0.25) is 0 Å². The van der Waals surface area contributed by atoms with Gasteiger partial charge in [-0.15, -0.1) is 11.3 Å². The van der Waals surface area contributed by atoms with Gasteiger partial charge in [-0.2, -0.15) is 0 Å². The first-order chi connectivity index (χ1) is 7.74. The third kappa shape index (κ3) is 2.93. The van der Waals surface area contributed by atoms with Gasteiger partial charge < -0.3 is 11.1 Å². The van der Waals surface area contributed by atoms with E-state index in [1.54, 1.807) is 17.5 Å². The number of nitrogen functional groups attached to an aromatic ring is 1. The van der Waals surface area contributed by atoms with E-state index in [-0.39, 0.29) is 0 Å². The molecule has 0 aliphatic carbocycles. The van der Waals surface area contributed by atoms with Crippen LogP contribution in [0.5, 0.6) is 0 Å². The molecule has 0 bridgehead atoms. The molecule has 0 saturated carbocycles. The van der Waals surface area contributed by atoms with Crippen LogP contribution >= 0.6 is 11.3 Å². The Balaban J connectivity index is 1.84. The first kappa shape index (κ1) is 10.9. The Morgan fingerprint density at radius 3 is 3.06 bits per heavy atom. The minimum Gasteiger partial charge on any atom is -0.384 e. The molecular formula is C11H14N4S. The largest absolute Gasteiger partial charge is 0.384 e. The molecule has 0 aliphatic heterocycles. The van der Waals surface area contributed by atoms with Crippen LogP contribution in [0.25, 0.3) is 0 Å². The number of pyridine rings is 1. The smallest absolute Gasteiger partial charge is 0.125 e. The van der Waals surface area contributed by atoms with Crippen LogP contribution < -0.4 is 11.1 Å². The monoisotopic (exact) mass is 234 g/mol. The number of aromatic nitrogens is 2. The lowest BCUT2D eigenvalue weighted by Gasteiger charge is -2.04. The highest BCUT2D eigenvalue weighted by Gasteiger charge is 1.98. The van der Waals surface area contributed by atoms with Crippen molar-refractivity contribution in [2.24, 2.45) is 0 Å². The summed E-state index contributed by atoms with van der Waals surface area (Å²) >= 11 is 1.70. The molecule has 16 heavy (non-hydrogen) atoms. The average Bonchev–Trinajstić information content (AvgIpc) is 2.64. The van der Waals surface area contributed by atoms with Crippen molar-refractivity contribution < 1.29 is 0 Å². The van der Waals surface area contributed by atoms with Gasteiger partial charge in [0.25, 0.3) is 0 Å². The molecule has 0 unspecified atom stereocenters. The molecule has 2 rings (SSSR count). The van der Waals surface area contributed by atoms with Gasteiger partial charge in [-0.1, -0.05) is 0 Å². The molecule has 0 spiro atoms. The number of hydrogen-bond acceptors (Lipinski definition) is 5. The number of aryl methyl sites for hydroxylation is 1. The quantitative estimate of drug-likeness (QED) is 0.850. The van der Waals surface area contributed by atoms with E-state index in [0.717, 1.165) is 29.4 Å². The van der Waals surface area contributed by atoms with E-state index >= 15 is 0 Å². The number of hydrogen-bond donors (Lipinski definition) is 2. The third-order valence-corrected chi connectivity index (χ3v) is 3.14. The van der Waals surface area contributed by atoms with E-state index in [9.17, 15) is 0 Å². The zero-order chi connectivity index (χ0) is 11.4. The lowest BCUT2D eigenvalue weighted by Crippen LogP contribution is -2.05. The molecule has 5 heteroatoms. The summed E-state index contributed by atoms with van der Waals surface area (Å²) in [7, 11) is 0. The zero-order valence-electron chi connectivity index (χ0n) is 9.10. The summed E-state index contributed by atoms with van der Waals surface area (Å²) in [5.41, 5.74) is 7.67. The Morgan fingerprint density at radius 1 is 1.50 bits per heavy atom. The van der Waals surface area contributed by atoms with Gasteiger partial charge in [-0.3, -0.25) is 0 Å². The van der Waals surface area contributed by atoms with Crippen LogP contribution in [-0.4, -0.2) is 16.5 Å². The predicted octanol–water partition coefficient (Wildman–Crippen LogP) is 2.08. The van der Waals surface area contributed by atoms with Gasteiger partial charge in [-0.25, -0.2) is 9.97 Å². The topological polar surface area (TPSA) is 63.8 Å². The SMILES string of the molecule is Cc1csc(CCNc2ccnc(N)c2)n1. The molecule has 0 aromatic carbocycles. The zero-order valence-corrected chi connectivity index (χ0v) is 9.92. The Hall–Kier alpha value is -1.62. The second kappa shape index (κ2) is 4.94. The molecule has 0 atom stereocenters. The fraction of sp³-hybridized carbons (Fsp3) is 0.273. The average molecular weight is 234 g/mol. The molecule has 84 valence electrons. The number of anilines is 2. The molecule has 2 heterocycles. The summed E-state index contributed by atoms with van der Waals surface area (Å²) in [5, 5.41) is 6.52. The van der Waals surface area contributed by atoms with Gasteiger partial charge in [0.05, 0.1) is 5.01 Å². The third-order valence-electron chi connectivity index (χ3n) is 2.12. The summed E-state index contributed by atoms with van der Waals surface area (Å²) in [6, 6.07) is 3.73. The molecule has 2 aromatic rings. The maximum atomic E-state index is 5.58. The van der Waals surface area contributed by atoms with Gasteiger partial charge in [0.1, 0.15) is 5.82 Å². The van der Waals surface area contributed by atoms with E-state index in [0.29, 0.717) is 5.82 Å². The molecule has 0 fully saturated rings. The van der Waals surface area contributed by atoms with Gasteiger partial charge in [0, 0.05) is 42.0 Å². The van der Waals surface area contributed by atoms with E-state index in [1.165, 1.54) is 0 Å². The minimum absolute atomic E-state index is 0.537. The number of thiazole rings is 1. The first-order valence-electron chi connectivity index (χ1n) is 5.10. The number of nitrogens with one attached hydrogen (secondary N) is 1. The van der Waals surface area contributed by atoms with Crippen molar-refractivity contribution in [3.63, 3.8) is 0 Å². The standard InChI is InChI=1S/C11H14N4S/c1-8-7-16-11(15-8)3-5-13-9-2-4-14-10(12)6-9/h2,4,6-7H,3,5H2,1H3,(H3,12,13,14). The summed E-state index contributed by atoms with van der Waals surface area (Å²) in [5.74, 6) is 0.537. The van der Waals surface area contributed by atoms with Crippen molar-refractivity contribution in [1.82, 2.24) is 9.97 Å². The maximum absolute atomic E-state index is 5.58. The van der Waals surface area contributed by atoms with Crippen molar-refractivity contribution >= 4 is 22.8 Å². The molecular weight excluding hydrogens is 220 g/mol. The highest BCUT2D eigenvalue weighted by atomic mass is 32.1. The fourth-order valence-corrected chi connectivity index (χ4v) is 2.17. The van der Waals surface area contributed by atoms with Gasteiger partial charge in [0.15, 0.2) is 0 Å². The van der Waals surface area contributed by atoms with E-state index in [1.807, 2.05) is 19.1 Å². The summed E-state index contributed by atoms with van der Waals surface area (Å²) in [6.07, 6.45) is 2.63. The van der Waals surface area contributed by atoms with Crippen molar-refractivity contribution in [2.75, 3.05) is 17.6 Å². The van der Waals surface area contributed by atoms with Crippen LogP contribution in [0.3, 0.4) is 0 Å².